The molecule has 1 N–H and O–H groups in total. The molecule has 1 aromatic carbocycles. The van der Waals surface area contributed by atoms with E-state index in [1.165, 1.54) is 0 Å². The molecule has 15 heteroatoms. The molecule has 0 aliphatic carbocycles. The molecule has 2 nitrogen and oxygen atoms in total. The van der Waals surface area contributed by atoms with Gasteiger partial charge in [-0.1, -0.05) is 23.2 Å². The highest BCUT2D eigenvalue weighted by atomic mass is 35.5. The normalized spacial score (nSPS) is 13.9. The van der Waals surface area contributed by atoms with E-state index in [4.69, 9.17) is 23.2 Å². The van der Waals surface area contributed by atoms with E-state index in [0.717, 1.165) is 5.10 Å². The number of hydrogen-bond acceptors (Lipinski definition) is 1. The van der Waals surface area contributed by atoms with E-state index in [0.29, 0.717) is 0 Å². The lowest BCUT2D eigenvalue weighted by atomic mass is 10.0. The van der Waals surface area contributed by atoms with Crippen LogP contribution in [0.4, 0.5) is 48.3 Å². The van der Waals surface area contributed by atoms with Gasteiger partial charge in [-0.2, -0.15) is 53.4 Å². The van der Waals surface area contributed by atoms with Gasteiger partial charge in [-0.05, 0) is 12.1 Å². The maximum atomic E-state index is 13.5. The van der Waals surface area contributed by atoms with Crippen molar-refractivity contribution in [1.82, 2.24) is 10.2 Å². The minimum absolute atomic E-state index is 0.124. The second-order valence-electron chi connectivity index (χ2n) is 5.20. The lowest BCUT2D eigenvalue weighted by Gasteiger charge is -2.20. The molecule has 28 heavy (non-hydrogen) atoms. The fourth-order valence-electron chi connectivity index (χ4n) is 2.13. The van der Waals surface area contributed by atoms with Crippen LogP contribution >= 0.6 is 23.2 Å². The van der Waals surface area contributed by atoms with Crippen LogP contribution in [0, 0.1) is 0 Å². The van der Waals surface area contributed by atoms with Crippen molar-refractivity contribution in [3.8, 4) is 11.3 Å². The lowest BCUT2D eigenvalue weighted by molar-refractivity contribution is -0.292. The van der Waals surface area contributed by atoms with Gasteiger partial charge in [0.1, 0.15) is 17.0 Å². The van der Waals surface area contributed by atoms with Crippen LogP contribution in [0.3, 0.4) is 0 Å². The largest absolute Gasteiger partial charge is 0.459 e. The van der Waals surface area contributed by atoms with Gasteiger partial charge in [0.2, 0.25) is 0 Å². The maximum Gasteiger partial charge on any atom is 0.459 e. The van der Waals surface area contributed by atoms with Gasteiger partial charge in [0.25, 0.3) is 0 Å². The van der Waals surface area contributed by atoms with Crippen LogP contribution in [0.2, 0.25) is 10.0 Å². The fourth-order valence-corrected chi connectivity index (χ4v) is 2.80. The van der Waals surface area contributed by atoms with Crippen molar-refractivity contribution in [2.75, 3.05) is 0 Å². The van der Waals surface area contributed by atoms with Crippen LogP contribution in [0.25, 0.3) is 11.3 Å². The Morgan fingerprint density at radius 2 is 1.21 bits per heavy atom. The first kappa shape index (κ1) is 22.5. The number of rotatable bonds is 2. The summed E-state index contributed by atoms with van der Waals surface area (Å²) in [7, 11) is 0. The highest BCUT2D eigenvalue weighted by molar-refractivity contribution is 6.39. The first-order chi connectivity index (χ1) is 12.4. The zero-order valence-corrected chi connectivity index (χ0v) is 14.0. The molecule has 0 aliphatic heterocycles. The average Bonchev–Trinajstić information content (AvgIpc) is 2.89. The smallest absolute Gasteiger partial charge is 0.275 e. The standard InChI is InChI=1S/C13H3Cl2F11N2/c14-4-1-3(11(18,19)20)2-5(15)6(4)8-7(12(21,22)23)9(28-27-8)10(16,17)13(24,25)26/h1-2H,(H,27,28). The molecule has 0 fully saturated rings. The van der Waals surface area contributed by atoms with Gasteiger partial charge in [0.05, 0.1) is 15.6 Å². The molecule has 0 saturated carbocycles. The van der Waals surface area contributed by atoms with Crippen LogP contribution in [-0.4, -0.2) is 16.4 Å². The minimum atomic E-state index is -6.43. The molecule has 0 spiro atoms. The third-order valence-electron chi connectivity index (χ3n) is 3.33. The zero-order chi connectivity index (χ0) is 21.9. The van der Waals surface area contributed by atoms with Crippen LogP contribution < -0.4 is 0 Å². The molecule has 0 atom stereocenters. The van der Waals surface area contributed by atoms with E-state index >= 15 is 0 Å². The summed E-state index contributed by atoms with van der Waals surface area (Å²) in [4.78, 5) is 0. The Kier molecular flexibility index (Phi) is 5.35. The summed E-state index contributed by atoms with van der Waals surface area (Å²) >= 11 is 11.0. The van der Waals surface area contributed by atoms with Crippen molar-refractivity contribution in [2.24, 2.45) is 0 Å². The highest BCUT2D eigenvalue weighted by Gasteiger charge is 2.63. The van der Waals surface area contributed by atoms with Gasteiger partial charge in [-0.25, -0.2) is 0 Å². The van der Waals surface area contributed by atoms with Gasteiger partial charge in [-0.15, -0.1) is 0 Å². The second kappa shape index (κ2) is 6.65. The topological polar surface area (TPSA) is 28.7 Å². The Bertz CT molecular complexity index is 870. The van der Waals surface area contributed by atoms with Crippen molar-refractivity contribution in [3.63, 3.8) is 0 Å². The Morgan fingerprint density at radius 1 is 0.750 bits per heavy atom. The quantitative estimate of drug-likeness (QED) is 0.471. The van der Waals surface area contributed by atoms with Crippen molar-refractivity contribution < 1.29 is 48.3 Å². The molecule has 2 rings (SSSR count). The number of benzene rings is 1. The number of hydrogen-bond donors (Lipinski definition) is 1. The minimum Gasteiger partial charge on any atom is -0.275 e. The highest BCUT2D eigenvalue weighted by Crippen LogP contribution is 2.51. The number of aromatic nitrogens is 2. The number of nitrogens with one attached hydrogen (secondary N) is 1. The van der Waals surface area contributed by atoms with Crippen LogP contribution in [0.1, 0.15) is 16.8 Å². The zero-order valence-electron chi connectivity index (χ0n) is 12.5. The predicted octanol–water partition coefficient (Wildman–Crippen LogP) is 7.08. The first-order valence-electron chi connectivity index (χ1n) is 6.56. The van der Waals surface area contributed by atoms with Gasteiger partial charge < -0.3 is 0 Å². The van der Waals surface area contributed by atoms with E-state index in [1.54, 1.807) is 0 Å². The van der Waals surface area contributed by atoms with Crippen LogP contribution in [-0.2, 0) is 18.3 Å². The second-order valence-corrected chi connectivity index (χ2v) is 6.02. The van der Waals surface area contributed by atoms with E-state index in [9.17, 15) is 48.3 Å². The summed E-state index contributed by atoms with van der Waals surface area (Å²) < 4.78 is 142. The van der Waals surface area contributed by atoms with Crippen LogP contribution in [0.15, 0.2) is 12.1 Å². The summed E-state index contributed by atoms with van der Waals surface area (Å²) in [5.74, 6) is -6.01. The molecule has 0 amide bonds. The summed E-state index contributed by atoms with van der Waals surface area (Å²) in [5, 5.41) is 1.52. The number of nitrogens with zero attached hydrogens (tertiary/aromatic N) is 1. The van der Waals surface area contributed by atoms with Crippen molar-refractivity contribution in [2.45, 2.75) is 24.5 Å². The number of alkyl halides is 11. The lowest BCUT2D eigenvalue weighted by Crippen LogP contribution is -2.36. The number of aromatic amines is 1. The molecule has 2 aromatic rings. The van der Waals surface area contributed by atoms with E-state index in [-0.39, 0.29) is 12.1 Å². The molecule has 0 saturated heterocycles. The van der Waals surface area contributed by atoms with E-state index < -0.39 is 62.6 Å². The molecule has 156 valence electrons. The van der Waals surface area contributed by atoms with E-state index in [2.05, 4.69) is 5.10 Å². The molecule has 1 heterocycles. The summed E-state index contributed by atoms with van der Waals surface area (Å²) in [6, 6.07) is 0.248. The van der Waals surface area contributed by atoms with Gasteiger partial charge in [-0.3, -0.25) is 5.10 Å². The molecular weight excluding hydrogens is 464 g/mol. The third kappa shape index (κ3) is 3.86. The Hall–Kier alpha value is -1.76. The van der Waals surface area contributed by atoms with Crippen molar-refractivity contribution >= 4 is 23.2 Å². The molecule has 0 bridgehead atoms. The average molecular weight is 467 g/mol. The SMILES string of the molecule is FC(F)(F)c1cc(Cl)c(-c2n[nH]c(C(F)(F)C(F)(F)F)c2C(F)(F)F)c(Cl)c1. The monoisotopic (exact) mass is 466 g/mol. The summed E-state index contributed by atoms with van der Waals surface area (Å²) in [5.41, 5.74) is -9.44. The number of H-pyrrole nitrogens is 1. The van der Waals surface area contributed by atoms with E-state index in [1.807, 2.05) is 0 Å². The molecule has 1 aromatic heterocycles. The summed E-state index contributed by atoms with van der Waals surface area (Å²) in [6.45, 7) is 0. The van der Waals surface area contributed by atoms with Gasteiger partial charge >= 0.3 is 24.5 Å². The van der Waals surface area contributed by atoms with Crippen molar-refractivity contribution in [3.05, 3.63) is 39.0 Å². The number of halogens is 13. The first-order valence-corrected chi connectivity index (χ1v) is 7.31. The third-order valence-corrected chi connectivity index (χ3v) is 3.92. The fraction of sp³-hybridized carbons (Fsp3) is 0.308. The Labute approximate surface area is 157 Å². The predicted molar refractivity (Wildman–Crippen MR) is 74.0 cm³/mol. The van der Waals surface area contributed by atoms with Gasteiger partial charge in [0.15, 0.2) is 0 Å². The Balaban J connectivity index is 2.83. The maximum absolute atomic E-state index is 13.5. The molecule has 0 radical (unpaired) electrons. The van der Waals surface area contributed by atoms with Crippen LogP contribution in [0.5, 0.6) is 0 Å². The molecular formula is C13H3Cl2F11N2. The molecule has 0 aliphatic rings. The van der Waals surface area contributed by atoms with Gasteiger partial charge in [0, 0.05) is 5.56 Å². The Morgan fingerprint density at radius 3 is 1.57 bits per heavy atom. The van der Waals surface area contributed by atoms with Crippen molar-refractivity contribution in [1.29, 1.82) is 0 Å². The molecule has 0 unspecified atom stereocenters. The summed E-state index contributed by atoms with van der Waals surface area (Å²) in [6.07, 6.45) is -17.3.